The van der Waals surface area contributed by atoms with Gasteiger partial charge in [-0.1, -0.05) is 45.4 Å². The maximum absolute atomic E-state index is 5.78. The summed E-state index contributed by atoms with van der Waals surface area (Å²) in [6, 6.07) is 3.83. The number of ether oxygens (including phenoxy) is 1. The number of nitrogen functional groups attached to an aromatic ring is 1. The van der Waals surface area contributed by atoms with Crippen LogP contribution in [0.2, 0.25) is 0 Å². The van der Waals surface area contributed by atoms with Crippen molar-refractivity contribution in [2.75, 3.05) is 12.3 Å². The van der Waals surface area contributed by atoms with Crippen LogP contribution in [0.4, 0.5) is 5.82 Å². The van der Waals surface area contributed by atoms with E-state index in [4.69, 9.17) is 10.5 Å². The normalized spacial score (nSPS) is 10.6. The summed E-state index contributed by atoms with van der Waals surface area (Å²) in [6.07, 6.45) is 9.03. The molecule has 1 rings (SSSR count). The Labute approximate surface area is 111 Å². The molecule has 3 heteroatoms. The van der Waals surface area contributed by atoms with Gasteiger partial charge in [-0.25, -0.2) is 4.98 Å². The number of nitrogens with zero attached hydrogens (tertiary/aromatic N) is 1. The quantitative estimate of drug-likeness (QED) is 0.671. The zero-order chi connectivity index (χ0) is 13.2. The molecule has 1 heterocycles. The van der Waals surface area contributed by atoms with E-state index in [1.54, 1.807) is 0 Å². The van der Waals surface area contributed by atoms with Crippen LogP contribution in [0.1, 0.15) is 57.6 Å². The van der Waals surface area contributed by atoms with E-state index in [1.165, 1.54) is 38.5 Å². The van der Waals surface area contributed by atoms with Crippen LogP contribution in [0.3, 0.4) is 0 Å². The zero-order valence-electron chi connectivity index (χ0n) is 11.7. The van der Waals surface area contributed by atoms with Crippen molar-refractivity contribution in [2.45, 2.75) is 58.8 Å². The summed E-state index contributed by atoms with van der Waals surface area (Å²) in [5, 5.41) is 0. The van der Waals surface area contributed by atoms with Gasteiger partial charge in [-0.15, -0.1) is 0 Å². The number of anilines is 1. The minimum atomic E-state index is 0.498. The number of aromatic nitrogens is 1. The van der Waals surface area contributed by atoms with Gasteiger partial charge in [-0.05, 0) is 25.5 Å². The first-order chi connectivity index (χ1) is 8.74. The summed E-state index contributed by atoms with van der Waals surface area (Å²) >= 11 is 0. The lowest BCUT2D eigenvalue weighted by atomic mass is 10.1. The average Bonchev–Trinajstić information content (AvgIpc) is 2.35. The molecule has 18 heavy (non-hydrogen) atoms. The summed E-state index contributed by atoms with van der Waals surface area (Å²) in [7, 11) is 0. The predicted octanol–water partition coefficient (Wildman–Crippen LogP) is 4.10. The van der Waals surface area contributed by atoms with Gasteiger partial charge >= 0.3 is 0 Å². The lowest BCUT2D eigenvalue weighted by Gasteiger charge is -2.08. The van der Waals surface area contributed by atoms with E-state index in [2.05, 4.69) is 11.9 Å². The second-order valence-corrected chi connectivity index (χ2v) is 4.81. The largest absolute Gasteiger partial charge is 0.490 e. The number of nitrogens with two attached hydrogens (primary N) is 1. The van der Waals surface area contributed by atoms with Gasteiger partial charge in [0, 0.05) is 5.69 Å². The van der Waals surface area contributed by atoms with E-state index in [-0.39, 0.29) is 0 Å². The fourth-order valence-corrected chi connectivity index (χ4v) is 1.93. The molecule has 102 valence electrons. The smallest absolute Gasteiger partial charge is 0.166 e. The van der Waals surface area contributed by atoms with Crippen LogP contribution in [-0.2, 0) is 0 Å². The topological polar surface area (TPSA) is 48.1 Å². The Balaban J connectivity index is 2.07. The number of pyridine rings is 1. The van der Waals surface area contributed by atoms with E-state index in [1.807, 2.05) is 19.1 Å². The third-order valence-electron chi connectivity index (χ3n) is 3.03. The third-order valence-corrected chi connectivity index (χ3v) is 3.03. The highest BCUT2D eigenvalue weighted by Gasteiger charge is 2.01. The molecule has 2 N–H and O–H groups in total. The van der Waals surface area contributed by atoms with Crippen molar-refractivity contribution >= 4 is 5.82 Å². The number of aryl methyl sites for hydroxylation is 1. The molecule has 0 aliphatic heterocycles. The number of hydrogen-bond acceptors (Lipinski definition) is 3. The minimum Gasteiger partial charge on any atom is -0.490 e. The molecule has 1 aromatic rings. The molecule has 3 nitrogen and oxygen atoms in total. The Hall–Kier alpha value is -1.25. The van der Waals surface area contributed by atoms with Crippen molar-refractivity contribution < 1.29 is 4.74 Å². The molecule has 0 amide bonds. The van der Waals surface area contributed by atoms with Crippen LogP contribution in [-0.4, -0.2) is 11.6 Å². The van der Waals surface area contributed by atoms with Gasteiger partial charge in [0.2, 0.25) is 0 Å². The van der Waals surface area contributed by atoms with Crippen molar-refractivity contribution in [2.24, 2.45) is 0 Å². The maximum atomic E-state index is 5.78. The molecule has 0 aliphatic carbocycles. The number of hydrogen-bond donors (Lipinski definition) is 1. The molecule has 1 aromatic heterocycles. The lowest BCUT2D eigenvalue weighted by molar-refractivity contribution is 0.305. The second kappa shape index (κ2) is 8.78. The van der Waals surface area contributed by atoms with Crippen LogP contribution in [0.25, 0.3) is 0 Å². The fourth-order valence-electron chi connectivity index (χ4n) is 1.93. The lowest BCUT2D eigenvalue weighted by Crippen LogP contribution is -2.02. The zero-order valence-corrected chi connectivity index (χ0v) is 11.7. The van der Waals surface area contributed by atoms with Crippen molar-refractivity contribution in [1.29, 1.82) is 0 Å². The van der Waals surface area contributed by atoms with Gasteiger partial charge < -0.3 is 10.5 Å². The first-order valence-electron chi connectivity index (χ1n) is 7.10. The van der Waals surface area contributed by atoms with Gasteiger partial charge in [0.25, 0.3) is 0 Å². The van der Waals surface area contributed by atoms with Gasteiger partial charge in [0.1, 0.15) is 0 Å². The van der Waals surface area contributed by atoms with Crippen molar-refractivity contribution in [1.82, 2.24) is 4.98 Å². The summed E-state index contributed by atoms with van der Waals surface area (Å²) in [4.78, 5) is 4.18. The molecular formula is C15H26N2O. The monoisotopic (exact) mass is 250 g/mol. The van der Waals surface area contributed by atoms with Crippen molar-refractivity contribution in [3.63, 3.8) is 0 Å². The van der Waals surface area contributed by atoms with Crippen molar-refractivity contribution in [3.05, 3.63) is 17.8 Å². The molecule has 0 fully saturated rings. The van der Waals surface area contributed by atoms with Crippen LogP contribution in [0.15, 0.2) is 12.1 Å². The highest BCUT2D eigenvalue weighted by Crippen LogP contribution is 2.19. The molecule has 0 radical (unpaired) electrons. The molecule has 0 saturated heterocycles. The standard InChI is InChI=1S/C15H26N2O/c1-3-4-5-6-7-8-9-12-18-14-11-10-13(2)17-15(14)16/h10-11H,3-9,12H2,1-2H3,(H2,16,17). The third kappa shape index (κ3) is 5.89. The second-order valence-electron chi connectivity index (χ2n) is 4.81. The number of unbranched alkanes of at least 4 members (excludes halogenated alkanes) is 6. The summed E-state index contributed by atoms with van der Waals surface area (Å²) in [5.41, 5.74) is 6.71. The molecule has 0 aromatic carbocycles. The minimum absolute atomic E-state index is 0.498. The van der Waals surface area contributed by atoms with Crippen LogP contribution in [0, 0.1) is 6.92 Å². The van der Waals surface area contributed by atoms with E-state index in [0.717, 1.165) is 18.7 Å². The van der Waals surface area contributed by atoms with E-state index >= 15 is 0 Å². The van der Waals surface area contributed by atoms with Crippen molar-refractivity contribution in [3.8, 4) is 5.75 Å². The summed E-state index contributed by atoms with van der Waals surface area (Å²) in [5.74, 6) is 1.21. The van der Waals surface area contributed by atoms with Crippen LogP contribution in [0.5, 0.6) is 5.75 Å². The molecule has 0 spiro atoms. The summed E-state index contributed by atoms with van der Waals surface area (Å²) in [6.45, 7) is 4.91. The average molecular weight is 250 g/mol. The van der Waals surface area contributed by atoms with Crippen LogP contribution < -0.4 is 10.5 Å². The number of rotatable bonds is 9. The van der Waals surface area contributed by atoms with Gasteiger partial charge in [0.05, 0.1) is 6.61 Å². The highest BCUT2D eigenvalue weighted by atomic mass is 16.5. The van der Waals surface area contributed by atoms with Gasteiger partial charge in [-0.3, -0.25) is 0 Å². The van der Waals surface area contributed by atoms with Gasteiger partial charge in [-0.2, -0.15) is 0 Å². The molecular weight excluding hydrogens is 224 g/mol. The van der Waals surface area contributed by atoms with E-state index in [0.29, 0.717) is 11.6 Å². The first kappa shape index (κ1) is 14.8. The van der Waals surface area contributed by atoms with E-state index < -0.39 is 0 Å². The Morgan fingerprint density at radius 3 is 2.39 bits per heavy atom. The maximum Gasteiger partial charge on any atom is 0.166 e. The highest BCUT2D eigenvalue weighted by molar-refractivity contribution is 5.46. The fraction of sp³-hybridized carbons (Fsp3) is 0.667. The Morgan fingerprint density at radius 1 is 1.06 bits per heavy atom. The Kier molecular flexibility index (Phi) is 7.23. The Morgan fingerprint density at radius 2 is 1.72 bits per heavy atom. The van der Waals surface area contributed by atoms with Gasteiger partial charge in [0.15, 0.2) is 11.6 Å². The molecule has 0 aliphatic rings. The molecule has 0 bridgehead atoms. The Bertz CT molecular complexity index is 339. The van der Waals surface area contributed by atoms with E-state index in [9.17, 15) is 0 Å². The molecule has 0 saturated carbocycles. The SMILES string of the molecule is CCCCCCCCCOc1ccc(C)nc1N. The summed E-state index contributed by atoms with van der Waals surface area (Å²) < 4.78 is 5.63. The first-order valence-corrected chi connectivity index (χ1v) is 7.10. The molecule has 0 atom stereocenters. The molecule has 0 unspecified atom stereocenters. The van der Waals surface area contributed by atoms with Crippen LogP contribution >= 0.6 is 0 Å². The predicted molar refractivity (Wildman–Crippen MR) is 76.9 cm³/mol.